The number of nitro groups is 1. The summed E-state index contributed by atoms with van der Waals surface area (Å²) in [7, 11) is 0. The van der Waals surface area contributed by atoms with Crippen LogP contribution in [-0.2, 0) is 6.42 Å². The lowest BCUT2D eigenvalue weighted by molar-refractivity contribution is -0.384. The van der Waals surface area contributed by atoms with Crippen LogP contribution in [0.4, 0.5) is 17.2 Å². The van der Waals surface area contributed by atoms with E-state index in [9.17, 15) is 10.1 Å². The maximum Gasteiger partial charge on any atom is 0.276 e. The minimum absolute atomic E-state index is 0.0864. The van der Waals surface area contributed by atoms with Crippen molar-refractivity contribution >= 4 is 28.8 Å². The third kappa shape index (κ3) is 3.42. The third-order valence-corrected chi connectivity index (χ3v) is 2.79. The minimum atomic E-state index is -0.499. The third-order valence-electron chi connectivity index (χ3n) is 2.60. The number of nitrogens with one attached hydrogen (secondary N) is 1. The van der Waals surface area contributed by atoms with Gasteiger partial charge in [-0.1, -0.05) is 30.7 Å². The van der Waals surface area contributed by atoms with Crippen LogP contribution in [-0.4, -0.2) is 9.91 Å². The van der Waals surface area contributed by atoms with Crippen LogP contribution in [0, 0.1) is 10.1 Å². The summed E-state index contributed by atoms with van der Waals surface area (Å²) in [6, 6.07) is 10.3. The molecule has 5 nitrogen and oxygen atoms in total. The van der Waals surface area contributed by atoms with E-state index in [2.05, 4.69) is 17.2 Å². The number of anilines is 2. The highest BCUT2D eigenvalue weighted by Gasteiger charge is 2.10. The van der Waals surface area contributed by atoms with Crippen molar-refractivity contribution in [3.63, 3.8) is 0 Å². The molecule has 0 bridgehead atoms. The zero-order valence-electron chi connectivity index (χ0n) is 10.3. The Labute approximate surface area is 115 Å². The Morgan fingerprint density at radius 2 is 2.16 bits per heavy atom. The Kier molecular flexibility index (Phi) is 3.97. The molecule has 1 heterocycles. The normalized spacial score (nSPS) is 10.2. The fraction of sp³-hybridized carbons (Fsp3) is 0.154. The van der Waals surface area contributed by atoms with E-state index in [1.54, 1.807) is 0 Å². The molecule has 0 aliphatic heterocycles. The fourth-order valence-electron chi connectivity index (χ4n) is 1.67. The van der Waals surface area contributed by atoms with Crippen LogP contribution in [0.2, 0.25) is 5.15 Å². The predicted molar refractivity (Wildman–Crippen MR) is 75.0 cm³/mol. The van der Waals surface area contributed by atoms with Crippen molar-refractivity contribution in [2.45, 2.75) is 13.3 Å². The highest BCUT2D eigenvalue weighted by molar-refractivity contribution is 6.29. The Balaban J connectivity index is 2.29. The SMILES string of the molecule is CCc1cccc(Nc2cc([N+](=O)[O-])cc(Cl)n2)c1. The summed E-state index contributed by atoms with van der Waals surface area (Å²) in [5, 5.41) is 13.9. The molecule has 0 radical (unpaired) electrons. The van der Waals surface area contributed by atoms with Gasteiger partial charge in [-0.2, -0.15) is 0 Å². The summed E-state index contributed by atoms with van der Waals surface area (Å²) in [5.41, 5.74) is 1.90. The first-order valence-corrected chi connectivity index (χ1v) is 6.14. The second-order valence-corrected chi connectivity index (χ2v) is 4.36. The molecular weight excluding hydrogens is 266 g/mol. The van der Waals surface area contributed by atoms with Gasteiger partial charge >= 0.3 is 0 Å². The average Bonchev–Trinajstić information content (AvgIpc) is 2.38. The van der Waals surface area contributed by atoms with Gasteiger partial charge in [0.2, 0.25) is 0 Å². The van der Waals surface area contributed by atoms with Crippen molar-refractivity contribution < 1.29 is 4.92 Å². The first-order valence-electron chi connectivity index (χ1n) is 5.76. The minimum Gasteiger partial charge on any atom is -0.340 e. The van der Waals surface area contributed by atoms with E-state index in [1.165, 1.54) is 17.7 Å². The summed E-state index contributed by atoms with van der Waals surface area (Å²) in [6.07, 6.45) is 0.915. The first-order chi connectivity index (χ1) is 9.08. The summed E-state index contributed by atoms with van der Waals surface area (Å²) < 4.78 is 0. The van der Waals surface area contributed by atoms with E-state index in [1.807, 2.05) is 24.3 Å². The average molecular weight is 278 g/mol. The topological polar surface area (TPSA) is 68.1 Å². The van der Waals surface area contributed by atoms with E-state index in [-0.39, 0.29) is 10.8 Å². The van der Waals surface area contributed by atoms with Crippen LogP contribution in [0.3, 0.4) is 0 Å². The van der Waals surface area contributed by atoms with Crippen molar-refractivity contribution in [2.24, 2.45) is 0 Å². The van der Waals surface area contributed by atoms with Crippen LogP contribution >= 0.6 is 11.6 Å². The van der Waals surface area contributed by atoms with Gasteiger partial charge in [-0.15, -0.1) is 0 Å². The smallest absolute Gasteiger partial charge is 0.276 e. The maximum atomic E-state index is 10.7. The van der Waals surface area contributed by atoms with E-state index < -0.39 is 4.92 Å². The number of benzene rings is 1. The molecule has 1 aromatic carbocycles. The lowest BCUT2D eigenvalue weighted by Gasteiger charge is -2.07. The predicted octanol–water partition coefficient (Wildman–Crippen LogP) is 3.95. The van der Waals surface area contributed by atoms with Gasteiger partial charge < -0.3 is 5.32 Å². The van der Waals surface area contributed by atoms with Gasteiger partial charge in [0.25, 0.3) is 5.69 Å². The summed E-state index contributed by atoms with van der Waals surface area (Å²) in [6.45, 7) is 2.06. The van der Waals surface area contributed by atoms with Crippen LogP contribution in [0.5, 0.6) is 0 Å². The molecule has 0 aliphatic carbocycles. The van der Waals surface area contributed by atoms with Crippen LogP contribution in [0.15, 0.2) is 36.4 Å². The molecular formula is C13H12ClN3O2. The number of aryl methyl sites for hydroxylation is 1. The second-order valence-electron chi connectivity index (χ2n) is 3.97. The molecule has 2 aromatic rings. The Morgan fingerprint density at radius 3 is 2.84 bits per heavy atom. The van der Waals surface area contributed by atoms with Crippen molar-refractivity contribution in [1.82, 2.24) is 4.98 Å². The van der Waals surface area contributed by atoms with Gasteiger partial charge in [-0.05, 0) is 24.1 Å². The van der Waals surface area contributed by atoms with E-state index in [4.69, 9.17) is 11.6 Å². The molecule has 0 aliphatic rings. The molecule has 0 unspecified atom stereocenters. The first kappa shape index (κ1) is 13.3. The highest BCUT2D eigenvalue weighted by atomic mass is 35.5. The van der Waals surface area contributed by atoms with Crippen molar-refractivity contribution in [3.05, 3.63) is 57.2 Å². The van der Waals surface area contributed by atoms with E-state index in [0.29, 0.717) is 5.82 Å². The van der Waals surface area contributed by atoms with Crippen LogP contribution < -0.4 is 5.32 Å². The fourth-order valence-corrected chi connectivity index (χ4v) is 1.87. The van der Waals surface area contributed by atoms with Gasteiger partial charge in [0.1, 0.15) is 11.0 Å². The van der Waals surface area contributed by atoms with Gasteiger partial charge in [0.05, 0.1) is 17.1 Å². The number of rotatable bonds is 4. The van der Waals surface area contributed by atoms with E-state index in [0.717, 1.165) is 12.1 Å². The van der Waals surface area contributed by atoms with Crippen molar-refractivity contribution in [1.29, 1.82) is 0 Å². The van der Waals surface area contributed by atoms with Gasteiger partial charge in [0.15, 0.2) is 0 Å². The molecule has 1 N–H and O–H groups in total. The summed E-state index contributed by atoms with van der Waals surface area (Å²) in [5.74, 6) is 0.354. The van der Waals surface area contributed by atoms with Gasteiger partial charge in [0, 0.05) is 5.69 Å². The second kappa shape index (κ2) is 5.67. The highest BCUT2D eigenvalue weighted by Crippen LogP contribution is 2.23. The molecule has 1 aromatic heterocycles. The molecule has 0 amide bonds. The molecule has 98 valence electrons. The molecule has 0 saturated heterocycles. The lowest BCUT2D eigenvalue weighted by Crippen LogP contribution is -1.97. The lowest BCUT2D eigenvalue weighted by atomic mass is 10.1. The Bertz CT molecular complexity index is 617. The summed E-state index contributed by atoms with van der Waals surface area (Å²) >= 11 is 5.76. The Morgan fingerprint density at radius 1 is 1.37 bits per heavy atom. The number of aromatic nitrogens is 1. The molecule has 6 heteroatoms. The number of hydrogen-bond donors (Lipinski definition) is 1. The molecule has 0 spiro atoms. The number of pyridine rings is 1. The van der Waals surface area contributed by atoms with Gasteiger partial charge in [-0.25, -0.2) is 4.98 Å². The molecule has 0 saturated carbocycles. The number of hydrogen-bond acceptors (Lipinski definition) is 4. The summed E-state index contributed by atoms with van der Waals surface area (Å²) in [4.78, 5) is 14.3. The van der Waals surface area contributed by atoms with Crippen molar-refractivity contribution in [2.75, 3.05) is 5.32 Å². The largest absolute Gasteiger partial charge is 0.340 e. The number of nitrogens with zero attached hydrogens (tertiary/aromatic N) is 2. The molecule has 0 atom stereocenters. The monoisotopic (exact) mass is 277 g/mol. The molecule has 0 fully saturated rings. The Hall–Kier alpha value is -2.14. The number of halogens is 1. The quantitative estimate of drug-likeness (QED) is 0.522. The van der Waals surface area contributed by atoms with Crippen LogP contribution in [0.1, 0.15) is 12.5 Å². The molecule has 2 rings (SSSR count). The van der Waals surface area contributed by atoms with E-state index >= 15 is 0 Å². The zero-order chi connectivity index (χ0) is 13.8. The van der Waals surface area contributed by atoms with Crippen LogP contribution in [0.25, 0.3) is 0 Å². The standard InChI is InChI=1S/C13H12ClN3O2/c1-2-9-4-3-5-10(6-9)15-13-8-11(17(18)19)7-12(14)16-13/h3-8H,2H2,1H3,(H,15,16). The zero-order valence-corrected chi connectivity index (χ0v) is 11.0. The van der Waals surface area contributed by atoms with Gasteiger partial charge in [-0.3, -0.25) is 10.1 Å². The van der Waals surface area contributed by atoms with Crippen molar-refractivity contribution in [3.8, 4) is 0 Å². The molecule has 19 heavy (non-hydrogen) atoms. The maximum absolute atomic E-state index is 10.7.